The molecule has 2 N–H and O–H groups in total. The van der Waals surface area contributed by atoms with E-state index in [0.29, 0.717) is 28.3 Å². The average molecular weight is 424 g/mol. The highest BCUT2D eigenvalue weighted by atomic mass is 35.5. The second kappa shape index (κ2) is 10.1. The Morgan fingerprint density at radius 2 is 1.73 bits per heavy atom. The normalized spacial score (nSPS) is 11.6. The summed E-state index contributed by atoms with van der Waals surface area (Å²) in [5.74, 6) is -0.324. The standard InChI is InChI=1S/C24H22ClNO4/c1-2-21(27)16-8-11-19(12-9-16)26-23(28)15-30-22-13-10-18(25)14-20(22)24(29)17-6-4-3-5-7-17/h3-14,21,27H,2,15H2,1H3,(H,26,28). The lowest BCUT2D eigenvalue weighted by molar-refractivity contribution is -0.118. The molecular formula is C24H22ClNO4. The van der Waals surface area contributed by atoms with Crippen LogP contribution in [0.5, 0.6) is 5.75 Å². The Bertz CT molecular complexity index is 1020. The number of rotatable bonds is 8. The van der Waals surface area contributed by atoms with Gasteiger partial charge in [-0.05, 0) is 42.3 Å². The molecule has 0 aliphatic rings. The third kappa shape index (κ3) is 5.47. The number of halogens is 1. The molecular weight excluding hydrogens is 402 g/mol. The first-order valence-electron chi connectivity index (χ1n) is 9.58. The van der Waals surface area contributed by atoms with E-state index in [9.17, 15) is 14.7 Å². The molecule has 0 fully saturated rings. The van der Waals surface area contributed by atoms with E-state index in [2.05, 4.69) is 5.32 Å². The SMILES string of the molecule is CCC(O)c1ccc(NC(=O)COc2ccc(Cl)cc2C(=O)c2ccccc2)cc1. The number of carbonyl (C=O) groups excluding carboxylic acids is 2. The van der Waals surface area contributed by atoms with Crippen LogP contribution < -0.4 is 10.1 Å². The van der Waals surface area contributed by atoms with Crippen molar-refractivity contribution in [1.82, 2.24) is 0 Å². The number of hydrogen-bond acceptors (Lipinski definition) is 4. The van der Waals surface area contributed by atoms with Gasteiger partial charge in [0.05, 0.1) is 11.7 Å². The number of aliphatic hydroxyl groups excluding tert-OH is 1. The minimum Gasteiger partial charge on any atom is -0.483 e. The van der Waals surface area contributed by atoms with E-state index < -0.39 is 6.10 Å². The van der Waals surface area contributed by atoms with Crippen molar-refractivity contribution in [3.05, 3.63) is 94.5 Å². The van der Waals surface area contributed by atoms with Gasteiger partial charge in [0.2, 0.25) is 0 Å². The van der Waals surface area contributed by atoms with Crippen LogP contribution in [0.3, 0.4) is 0 Å². The Balaban J connectivity index is 1.67. The Morgan fingerprint density at radius 3 is 2.40 bits per heavy atom. The largest absolute Gasteiger partial charge is 0.483 e. The number of hydrogen-bond donors (Lipinski definition) is 2. The Morgan fingerprint density at radius 1 is 1.03 bits per heavy atom. The van der Waals surface area contributed by atoms with E-state index in [4.69, 9.17) is 16.3 Å². The molecule has 0 aromatic heterocycles. The van der Waals surface area contributed by atoms with E-state index in [1.54, 1.807) is 60.7 Å². The lowest BCUT2D eigenvalue weighted by atomic mass is 10.0. The van der Waals surface area contributed by atoms with Gasteiger partial charge in [-0.3, -0.25) is 9.59 Å². The summed E-state index contributed by atoms with van der Waals surface area (Å²) in [6.07, 6.45) is 0.0913. The number of amides is 1. The van der Waals surface area contributed by atoms with Gasteiger partial charge in [0.1, 0.15) is 5.75 Å². The number of carbonyl (C=O) groups is 2. The van der Waals surface area contributed by atoms with Gasteiger partial charge in [0, 0.05) is 16.3 Å². The Hall–Kier alpha value is -3.15. The highest BCUT2D eigenvalue weighted by Crippen LogP contribution is 2.26. The lowest BCUT2D eigenvalue weighted by Gasteiger charge is -2.12. The van der Waals surface area contributed by atoms with Gasteiger partial charge >= 0.3 is 0 Å². The molecule has 0 saturated heterocycles. The molecule has 0 bridgehead atoms. The Labute approximate surface area is 180 Å². The number of anilines is 1. The highest BCUT2D eigenvalue weighted by molar-refractivity contribution is 6.31. The average Bonchev–Trinajstić information content (AvgIpc) is 2.78. The molecule has 3 rings (SSSR count). The molecule has 1 unspecified atom stereocenters. The first-order valence-corrected chi connectivity index (χ1v) is 9.95. The second-order valence-corrected chi connectivity index (χ2v) is 7.15. The van der Waals surface area contributed by atoms with Gasteiger partial charge in [0.25, 0.3) is 5.91 Å². The molecule has 154 valence electrons. The van der Waals surface area contributed by atoms with Crippen molar-refractivity contribution in [2.24, 2.45) is 0 Å². The van der Waals surface area contributed by atoms with Crippen LogP contribution in [-0.2, 0) is 4.79 Å². The summed E-state index contributed by atoms with van der Waals surface area (Å²) < 4.78 is 5.62. The van der Waals surface area contributed by atoms with E-state index in [1.807, 2.05) is 13.0 Å². The fourth-order valence-corrected chi connectivity index (χ4v) is 3.09. The van der Waals surface area contributed by atoms with Crippen molar-refractivity contribution in [2.75, 3.05) is 11.9 Å². The molecule has 6 heteroatoms. The van der Waals surface area contributed by atoms with Gasteiger partial charge in [-0.1, -0.05) is 61.0 Å². The fraction of sp³-hybridized carbons (Fsp3) is 0.167. The van der Waals surface area contributed by atoms with Crippen LogP contribution in [-0.4, -0.2) is 23.4 Å². The van der Waals surface area contributed by atoms with Gasteiger partial charge in [0.15, 0.2) is 12.4 Å². The summed E-state index contributed by atoms with van der Waals surface area (Å²) in [5, 5.41) is 13.0. The zero-order valence-corrected chi connectivity index (χ0v) is 17.2. The van der Waals surface area contributed by atoms with E-state index in [1.165, 1.54) is 6.07 Å². The summed E-state index contributed by atoms with van der Waals surface area (Å²) >= 11 is 6.06. The molecule has 0 spiro atoms. The molecule has 3 aromatic rings. The molecule has 1 amide bonds. The van der Waals surface area contributed by atoms with Crippen molar-refractivity contribution >= 4 is 29.0 Å². The third-order valence-corrected chi connectivity index (χ3v) is 4.78. The molecule has 0 aliphatic carbocycles. The first-order chi connectivity index (χ1) is 14.5. The first kappa shape index (κ1) is 21.6. The van der Waals surface area contributed by atoms with E-state index in [0.717, 1.165) is 5.56 Å². The summed E-state index contributed by atoms with van der Waals surface area (Å²) in [6.45, 7) is 1.63. The van der Waals surface area contributed by atoms with Crippen molar-refractivity contribution < 1.29 is 19.4 Å². The molecule has 0 saturated carbocycles. The van der Waals surface area contributed by atoms with Crippen LogP contribution in [0, 0.1) is 0 Å². The zero-order valence-electron chi connectivity index (χ0n) is 16.5. The minimum atomic E-state index is -0.524. The van der Waals surface area contributed by atoms with E-state index >= 15 is 0 Å². The number of nitrogens with one attached hydrogen (secondary N) is 1. The number of ketones is 1. The second-order valence-electron chi connectivity index (χ2n) is 6.72. The van der Waals surface area contributed by atoms with Crippen LogP contribution in [0.2, 0.25) is 5.02 Å². The third-order valence-electron chi connectivity index (χ3n) is 4.55. The van der Waals surface area contributed by atoms with Crippen molar-refractivity contribution in [2.45, 2.75) is 19.4 Å². The maximum atomic E-state index is 12.8. The monoisotopic (exact) mass is 423 g/mol. The van der Waals surface area contributed by atoms with Gasteiger partial charge in [-0.15, -0.1) is 0 Å². The molecule has 0 aliphatic heterocycles. The molecule has 3 aromatic carbocycles. The number of benzene rings is 3. The maximum Gasteiger partial charge on any atom is 0.262 e. The van der Waals surface area contributed by atoms with Crippen molar-refractivity contribution in [3.63, 3.8) is 0 Å². The summed E-state index contributed by atoms with van der Waals surface area (Å²) in [6, 6.07) is 20.5. The predicted octanol–water partition coefficient (Wildman–Crippen LogP) is 5.03. The molecule has 1 atom stereocenters. The predicted molar refractivity (Wildman–Crippen MR) is 117 cm³/mol. The molecule has 0 radical (unpaired) electrons. The molecule has 5 nitrogen and oxygen atoms in total. The fourth-order valence-electron chi connectivity index (χ4n) is 2.92. The van der Waals surface area contributed by atoms with Crippen molar-refractivity contribution in [1.29, 1.82) is 0 Å². The quantitative estimate of drug-likeness (QED) is 0.498. The number of aliphatic hydroxyl groups is 1. The minimum absolute atomic E-state index is 0.237. The Kier molecular flexibility index (Phi) is 7.22. The number of ether oxygens (including phenoxy) is 1. The van der Waals surface area contributed by atoms with Crippen LogP contribution in [0.4, 0.5) is 5.69 Å². The van der Waals surface area contributed by atoms with Gasteiger partial charge in [-0.2, -0.15) is 0 Å². The molecule has 30 heavy (non-hydrogen) atoms. The van der Waals surface area contributed by atoms with Crippen LogP contribution in [0.15, 0.2) is 72.8 Å². The highest BCUT2D eigenvalue weighted by Gasteiger charge is 2.16. The lowest BCUT2D eigenvalue weighted by Crippen LogP contribution is -2.21. The summed E-state index contributed by atoms with van der Waals surface area (Å²) in [4.78, 5) is 25.1. The van der Waals surface area contributed by atoms with Gasteiger partial charge < -0.3 is 15.2 Å². The molecule has 0 heterocycles. The summed E-state index contributed by atoms with van der Waals surface area (Å²) in [5.41, 5.74) is 2.17. The maximum absolute atomic E-state index is 12.8. The van der Waals surface area contributed by atoms with E-state index in [-0.39, 0.29) is 24.0 Å². The summed E-state index contributed by atoms with van der Waals surface area (Å²) in [7, 11) is 0. The van der Waals surface area contributed by atoms with Gasteiger partial charge in [-0.25, -0.2) is 0 Å². The van der Waals surface area contributed by atoms with Crippen molar-refractivity contribution in [3.8, 4) is 5.75 Å². The van der Waals surface area contributed by atoms with Crippen LogP contribution in [0.1, 0.15) is 40.9 Å². The topological polar surface area (TPSA) is 75.6 Å². The zero-order chi connectivity index (χ0) is 21.5. The van der Waals surface area contributed by atoms with Crippen LogP contribution in [0.25, 0.3) is 0 Å². The smallest absolute Gasteiger partial charge is 0.262 e. The van der Waals surface area contributed by atoms with Crippen LogP contribution >= 0.6 is 11.6 Å².